The van der Waals surface area contributed by atoms with Crippen molar-refractivity contribution in [2.75, 3.05) is 19.3 Å². The zero-order chi connectivity index (χ0) is 21.1. The Kier molecular flexibility index (Phi) is 9.03. The van der Waals surface area contributed by atoms with Crippen molar-refractivity contribution in [1.82, 2.24) is 20.4 Å². The van der Waals surface area contributed by atoms with Crippen molar-refractivity contribution in [3.63, 3.8) is 0 Å². The zero-order valence-electron chi connectivity index (χ0n) is 17.8. The van der Waals surface area contributed by atoms with E-state index < -0.39 is 0 Å². The van der Waals surface area contributed by atoms with Gasteiger partial charge in [0.05, 0.1) is 11.4 Å². The first-order valence-electron chi connectivity index (χ1n) is 10.4. The molecular weight excluding hydrogens is 362 g/mol. The van der Waals surface area contributed by atoms with E-state index in [-0.39, 0.29) is 0 Å². The Bertz CT molecular complexity index is 818. The molecule has 29 heavy (non-hydrogen) atoms. The second-order valence-electron chi connectivity index (χ2n) is 7.21. The monoisotopic (exact) mass is 395 g/mol. The average Bonchev–Trinajstić information content (AvgIpc) is 3.06. The van der Waals surface area contributed by atoms with E-state index in [1.807, 2.05) is 30.3 Å². The Labute approximate surface area is 174 Å². The molecule has 0 spiro atoms. The molecule has 2 rings (SSSR count). The Morgan fingerprint density at radius 1 is 1.28 bits per heavy atom. The number of nitrogen functional groups attached to an aromatic ring is 1. The lowest BCUT2D eigenvalue weighted by molar-refractivity contribution is 0.546. The van der Waals surface area contributed by atoms with Gasteiger partial charge in [-0.15, -0.1) is 0 Å². The molecule has 0 aliphatic heterocycles. The summed E-state index contributed by atoms with van der Waals surface area (Å²) in [6.45, 7) is 5.14. The summed E-state index contributed by atoms with van der Waals surface area (Å²) in [5, 5.41) is 20.8. The van der Waals surface area contributed by atoms with Gasteiger partial charge < -0.3 is 16.4 Å². The number of rotatable bonds is 10. The molecule has 7 heteroatoms. The summed E-state index contributed by atoms with van der Waals surface area (Å²) in [7, 11) is 1.78. The Balaban J connectivity index is 1.88. The predicted octanol–water partition coefficient (Wildman–Crippen LogP) is 3.39. The molecule has 0 amide bonds. The molecular formula is C22H33N7. The topological polar surface area (TPSA) is 104 Å². The van der Waals surface area contributed by atoms with E-state index in [9.17, 15) is 5.26 Å². The van der Waals surface area contributed by atoms with Crippen LogP contribution in [-0.4, -0.2) is 35.4 Å². The normalized spacial score (nSPS) is 12.4. The van der Waals surface area contributed by atoms with Gasteiger partial charge in [0.1, 0.15) is 17.5 Å². The first kappa shape index (κ1) is 22.3. The van der Waals surface area contributed by atoms with Crippen molar-refractivity contribution < 1.29 is 0 Å². The Morgan fingerprint density at radius 3 is 2.69 bits per heavy atom. The van der Waals surface area contributed by atoms with Crippen molar-refractivity contribution in [1.29, 1.82) is 5.26 Å². The molecule has 0 fully saturated rings. The number of aryl methyl sites for hydroxylation is 1. The zero-order valence-corrected chi connectivity index (χ0v) is 17.8. The minimum Gasteiger partial charge on any atom is -0.382 e. The summed E-state index contributed by atoms with van der Waals surface area (Å²) in [6, 6.07) is 12.2. The third-order valence-electron chi connectivity index (χ3n) is 4.84. The molecule has 1 atom stereocenters. The van der Waals surface area contributed by atoms with E-state index >= 15 is 0 Å². The summed E-state index contributed by atoms with van der Waals surface area (Å²) < 4.78 is 1.64. The highest BCUT2D eigenvalue weighted by atomic mass is 15.3. The molecule has 1 heterocycles. The van der Waals surface area contributed by atoms with Crippen LogP contribution in [-0.2, 0) is 6.42 Å². The standard InChI is InChI=1S/C22H33N7/c1-4-5-7-11-17(2)27-22(25-3)26-15-10-14-20-19(16-23)21(24)29(28-20)18-12-8-6-9-13-18/h6,8-9,12-13,17H,4-5,7,10-11,14-15,24H2,1-3H3,(H2,25,26,27). The first-order valence-corrected chi connectivity index (χ1v) is 10.4. The molecule has 4 N–H and O–H groups in total. The highest BCUT2D eigenvalue weighted by Crippen LogP contribution is 2.21. The van der Waals surface area contributed by atoms with Gasteiger partial charge in [-0.05, 0) is 38.3 Å². The number of guanidine groups is 1. The van der Waals surface area contributed by atoms with E-state index in [0.717, 1.165) is 36.7 Å². The van der Waals surface area contributed by atoms with E-state index in [1.54, 1.807) is 11.7 Å². The SMILES string of the molecule is CCCCCC(C)NC(=NC)NCCCc1nn(-c2ccccc2)c(N)c1C#N. The fraction of sp³-hybridized carbons (Fsp3) is 0.500. The van der Waals surface area contributed by atoms with Gasteiger partial charge >= 0.3 is 0 Å². The van der Waals surface area contributed by atoms with Gasteiger partial charge in [0, 0.05) is 19.6 Å². The second-order valence-corrected chi connectivity index (χ2v) is 7.21. The number of aromatic nitrogens is 2. The number of nitriles is 1. The molecule has 0 saturated heterocycles. The minimum absolute atomic E-state index is 0.388. The van der Waals surface area contributed by atoms with Crippen LogP contribution in [0, 0.1) is 11.3 Å². The number of nitrogens with zero attached hydrogens (tertiary/aromatic N) is 4. The largest absolute Gasteiger partial charge is 0.382 e. The molecule has 1 aromatic heterocycles. The quantitative estimate of drug-likeness (QED) is 0.325. The van der Waals surface area contributed by atoms with E-state index in [0.29, 0.717) is 23.8 Å². The first-order chi connectivity index (χ1) is 14.1. The van der Waals surface area contributed by atoms with Crippen LogP contribution in [0.4, 0.5) is 5.82 Å². The number of nitrogens with two attached hydrogens (primary N) is 1. The maximum Gasteiger partial charge on any atom is 0.191 e. The number of nitrogens with one attached hydrogen (secondary N) is 2. The van der Waals surface area contributed by atoms with Gasteiger partial charge in [0.25, 0.3) is 0 Å². The minimum atomic E-state index is 0.388. The lowest BCUT2D eigenvalue weighted by atomic mass is 10.1. The fourth-order valence-electron chi connectivity index (χ4n) is 3.20. The molecule has 1 aromatic carbocycles. The third-order valence-corrected chi connectivity index (χ3v) is 4.84. The van der Waals surface area contributed by atoms with Gasteiger partial charge in [-0.25, -0.2) is 4.68 Å². The molecule has 0 saturated carbocycles. The van der Waals surface area contributed by atoms with Crippen LogP contribution in [0.1, 0.15) is 57.2 Å². The van der Waals surface area contributed by atoms with Crippen LogP contribution in [0.2, 0.25) is 0 Å². The summed E-state index contributed by atoms with van der Waals surface area (Å²) in [4.78, 5) is 4.29. The molecule has 0 aliphatic carbocycles. The molecule has 0 bridgehead atoms. The number of unbranched alkanes of at least 4 members (excludes halogenated alkanes) is 2. The van der Waals surface area contributed by atoms with Gasteiger partial charge in [-0.1, -0.05) is 44.4 Å². The molecule has 0 aliphatic rings. The van der Waals surface area contributed by atoms with Crippen LogP contribution < -0.4 is 16.4 Å². The van der Waals surface area contributed by atoms with Gasteiger partial charge in [-0.3, -0.25) is 4.99 Å². The third kappa shape index (κ3) is 6.53. The smallest absolute Gasteiger partial charge is 0.191 e. The van der Waals surface area contributed by atoms with Crippen LogP contribution >= 0.6 is 0 Å². The van der Waals surface area contributed by atoms with Gasteiger partial charge in [-0.2, -0.15) is 10.4 Å². The van der Waals surface area contributed by atoms with Crippen LogP contribution in [0.25, 0.3) is 5.69 Å². The van der Waals surface area contributed by atoms with E-state index in [1.165, 1.54) is 19.3 Å². The van der Waals surface area contributed by atoms with E-state index in [2.05, 4.69) is 40.6 Å². The number of anilines is 1. The van der Waals surface area contributed by atoms with Gasteiger partial charge in [0.15, 0.2) is 5.96 Å². The highest BCUT2D eigenvalue weighted by Gasteiger charge is 2.16. The number of aliphatic imine (C=N–C) groups is 1. The maximum absolute atomic E-state index is 9.50. The van der Waals surface area contributed by atoms with E-state index in [4.69, 9.17) is 5.73 Å². The lowest BCUT2D eigenvalue weighted by Crippen LogP contribution is -2.42. The fourth-order valence-corrected chi connectivity index (χ4v) is 3.20. The van der Waals surface area contributed by atoms with Crippen LogP contribution in [0.5, 0.6) is 0 Å². The molecule has 7 nitrogen and oxygen atoms in total. The van der Waals surface area contributed by atoms with Crippen molar-refractivity contribution in [2.45, 2.75) is 58.4 Å². The highest BCUT2D eigenvalue weighted by molar-refractivity contribution is 5.79. The second kappa shape index (κ2) is 11.7. The van der Waals surface area contributed by atoms with Crippen molar-refractivity contribution in [3.05, 3.63) is 41.6 Å². The molecule has 2 aromatic rings. The number of para-hydroxylation sites is 1. The Hall–Kier alpha value is -3.01. The molecule has 1 unspecified atom stereocenters. The number of benzene rings is 1. The maximum atomic E-state index is 9.50. The lowest BCUT2D eigenvalue weighted by Gasteiger charge is -2.17. The summed E-state index contributed by atoms with van der Waals surface area (Å²) in [5.74, 6) is 1.20. The van der Waals surface area contributed by atoms with Gasteiger partial charge in [0.2, 0.25) is 0 Å². The summed E-state index contributed by atoms with van der Waals surface area (Å²) in [5.41, 5.74) is 8.20. The van der Waals surface area contributed by atoms with Crippen molar-refractivity contribution in [2.24, 2.45) is 4.99 Å². The van der Waals surface area contributed by atoms with Crippen LogP contribution in [0.15, 0.2) is 35.3 Å². The molecule has 0 radical (unpaired) electrons. The van der Waals surface area contributed by atoms with Crippen LogP contribution in [0.3, 0.4) is 0 Å². The Morgan fingerprint density at radius 2 is 2.03 bits per heavy atom. The summed E-state index contributed by atoms with van der Waals surface area (Å²) >= 11 is 0. The predicted molar refractivity (Wildman–Crippen MR) is 119 cm³/mol. The number of hydrogen-bond acceptors (Lipinski definition) is 4. The average molecular weight is 396 g/mol. The van der Waals surface area contributed by atoms with Crippen molar-refractivity contribution in [3.8, 4) is 11.8 Å². The number of hydrogen-bond donors (Lipinski definition) is 3. The molecule has 156 valence electrons. The summed E-state index contributed by atoms with van der Waals surface area (Å²) in [6.07, 6.45) is 6.35. The van der Waals surface area contributed by atoms with Crippen molar-refractivity contribution >= 4 is 11.8 Å².